The summed E-state index contributed by atoms with van der Waals surface area (Å²) in [6.07, 6.45) is 0.315. The van der Waals surface area contributed by atoms with E-state index in [1.165, 1.54) is 0 Å². The molecule has 0 aromatic carbocycles. The average molecular weight is 267 g/mol. The van der Waals surface area contributed by atoms with Gasteiger partial charge in [-0.2, -0.15) is 13.2 Å². The number of alkyl halides is 3. The number of aliphatic hydroxyl groups excluding tert-OH is 1. The molecule has 1 fully saturated rings. The number of nitrogens with zero attached hydrogens (tertiary/aromatic N) is 1. The van der Waals surface area contributed by atoms with Crippen LogP contribution in [0.5, 0.6) is 0 Å². The van der Waals surface area contributed by atoms with Crippen LogP contribution in [0, 0.1) is 5.92 Å². The number of halogens is 3. The molecule has 1 saturated carbocycles. The summed E-state index contributed by atoms with van der Waals surface area (Å²) in [7, 11) is 0. The second-order valence-corrected chi connectivity index (χ2v) is 4.85. The normalized spacial score (nSPS) is 18.3. The van der Waals surface area contributed by atoms with Crippen LogP contribution in [0.4, 0.5) is 13.2 Å². The highest BCUT2D eigenvalue weighted by Crippen LogP contribution is 2.25. The number of aliphatic hydroxyl groups is 1. The van der Waals surface area contributed by atoms with Gasteiger partial charge in [0.05, 0.1) is 19.7 Å². The molecule has 0 bridgehead atoms. The van der Waals surface area contributed by atoms with E-state index in [4.69, 9.17) is 5.11 Å². The molecule has 0 aromatic heterocycles. The quantitative estimate of drug-likeness (QED) is 0.800. The van der Waals surface area contributed by atoms with Crippen molar-refractivity contribution >= 4 is 5.78 Å². The summed E-state index contributed by atoms with van der Waals surface area (Å²) >= 11 is 0. The van der Waals surface area contributed by atoms with Gasteiger partial charge >= 0.3 is 6.18 Å². The second kappa shape index (κ2) is 7.09. The zero-order valence-electron chi connectivity index (χ0n) is 10.4. The third-order valence-electron chi connectivity index (χ3n) is 3.26. The molecule has 1 rings (SSSR count). The molecule has 1 aliphatic rings. The van der Waals surface area contributed by atoms with Gasteiger partial charge in [-0.3, -0.25) is 9.69 Å². The molecule has 18 heavy (non-hydrogen) atoms. The molecule has 3 nitrogen and oxygen atoms in total. The lowest BCUT2D eigenvalue weighted by atomic mass is 9.86. The lowest BCUT2D eigenvalue weighted by molar-refractivity contribution is -0.150. The first-order chi connectivity index (χ1) is 8.42. The van der Waals surface area contributed by atoms with Crippen molar-refractivity contribution < 1.29 is 23.1 Å². The molecule has 1 aliphatic carbocycles. The second-order valence-electron chi connectivity index (χ2n) is 4.85. The Kier molecular flexibility index (Phi) is 6.08. The summed E-state index contributed by atoms with van der Waals surface area (Å²) in [4.78, 5) is 12.9. The van der Waals surface area contributed by atoms with Gasteiger partial charge in [-0.1, -0.05) is 19.3 Å². The maximum absolute atomic E-state index is 12.3. The van der Waals surface area contributed by atoms with Gasteiger partial charge in [0.1, 0.15) is 5.78 Å². The van der Waals surface area contributed by atoms with Crippen LogP contribution in [0.15, 0.2) is 0 Å². The Hall–Kier alpha value is -0.620. The maximum Gasteiger partial charge on any atom is 0.401 e. The third kappa shape index (κ3) is 5.82. The van der Waals surface area contributed by atoms with Crippen LogP contribution in [0.3, 0.4) is 0 Å². The van der Waals surface area contributed by atoms with E-state index in [9.17, 15) is 18.0 Å². The lowest BCUT2D eigenvalue weighted by Gasteiger charge is -2.26. The highest BCUT2D eigenvalue weighted by molar-refractivity contribution is 5.83. The van der Waals surface area contributed by atoms with Gasteiger partial charge in [0.15, 0.2) is 0 Å². The van der Waals surface area contributed by atoms with Crippen molar-refractivity contribution in [2.24, 2.45) is 5.92 Å². The molecular formula is C12H20F3NO2. The Morgan fingerprint density at radius 2 is 1.83 bits per heavy atom. The van der Waals surface area contributed by atoms with Crippen LogP contribution in [0.1, 0.15) is 32.1 Å². The van der Waals surface area contributed by atoms with Crippen molar-refractivity contribution in [1.82, 2.24) is 4.90 Å². The van der Waals surface area contributed by atoms with Crippen molar-refractivity contribution in [3.05, 3.63) is 0 Å². The van der Waals surface area contributed by atoms with Crippen LogP contribution in [-0.2, 0) is 4.79 Å². The topological polar surface area (TPSA) is 40.5 Å². The van der Waals surface area contributed by atoms with Gasteiger partial charge in [0.25, 0.3) is 0 Å². The summed E-state index contributed by atoms with van der Waals surface area (Å²) < 4.78 is 36.9. The fourth-order valence-corrected chi connectivity index (χ4v) is 2.38. The minimum absolute atomic E-state index is 0.0897. The predicted molar refractivity (Wildman–Crippen MR) is 61.2 cm³/mol. The first kappa shape index (κ1) is 15.4. The van der Waals surface area contributed by atoms with E-state index in [0.29, 0.717) is 0 Å². The standard InChI is InChI=1S/C12H20F3NO2/c13-12(14,15)9-16(6-7-17)8-11(18)10-4-2-1-3-5-10/h10,17H,1-9H2. The molecule has 0 amide bonds. The van der Waals surface area contributed by atoms with E-state index in [1.54, 1.807) is 0 Å². The van der Waals surface area contributed by atoms with Crippen molar-refractivity contribution in [3.63, 3.8) is 0 Å². The number of carbonyl (C=O) groups is 1. The monoisotopic (exact) mass is 267 g/mol. The SMILES string of the molecule is O=C(CN(CCO)CC(F)(F)F)C1CCCCC1. The van der Waals surface area contributed by atoms with Crippen LogP contribution in [-0.4, -0.2) is 48.2 Å². The zero-order chi connectivity index (χ0) is 13.6. The molecule has 0 aliphatic heterocycles. The maximum atomic E-state index is 12.3. The molecule has 0 radical (unpaired) electrons. The summed E-state index contributed by atoms with van der Waals surface area (Å²) in [6, 6.07) is 0. The summed E-state index contributed by atoms with van der Waals surface area (Å²) in [5.41, 5.74) is 0. The van der Waals surface area contributed by atoms with Gasteiger partial charge in [0.2, 0.25) is 0 Å². The average Bonchev–Trinajstić information content (AvgIpc) is 2.28. The summed E-state index contributed by atoms with van der Waals surface area (Å²) in [5.74, 6) is -0.208. The Morgan fingerprint density at radius 3 is 2.33 bits per heavy atom. The highest BCUT2D eigenvalue weighted by atomic mass is 19.4. The Morgan fingerprint density at radius 1 is 1.22 bits per heavy atom. The molecule has 0 spiro atoms. The van der Waals surface area contributed by atoms with E-state index in [-0.39, 0.29) is 31.4 Å². The smallest absolute Gasteiger partial charge is 0.395 e. The largest absolute Gasteiger partial charge is 0.401 e. The molecule has 0 aromatic rings. The first-order valence-corrected chi connectivity index (χ1v) is 6.35. The van der Waals surface area contributed by atoms with E-state index in [2.05, 4.69) is 0 Å². The fourth-order valence-electron chi connectivity index (χ4n) is 2.38. The number of ketones is 1. The van der Waals surface area contributed by atoms with Gasteiger partial charge in [-0.25, -0.2) is 0 Å². The van der Waals surface area contributed by atoms with E-state index in [1.807, 2.05) is 0 Å². The Bertz CT molecular complexity index is 263. The van der Waals surface area contributed by atoms with Crippen molar-refractivity contribution in [1.29, 1.82) is 0 Å². The van der Waals surface area contributed by atoms with Crippen LogP contribution in [0.25, 0.3) is 0 Å². The summed E-state index contributed by atoms with van der Waals surface area (Å²) in [6.45, 7) is -1.82. The minimum Gasteiger partial charge on any atom is -0.395 e. The number of rotatable bonds is 6. The molecule has 6 heteroatoms. The molecule has 106 valence electrons. The summed E-state index contributed by atoms with van der Waals surface area (Å²) in [5, 5.41) is 8.74. The number of carbonyl (C=O) groups excluding carboxylic acids is 1. The fraction of sp³-hybridized carbons (Fsp3) is 0.917. The van der Waals surface area contributed by atoms with Crippen LogP contribution in [0.2, 0.25) is 0 Å². The molecule has 1 N–H and O–H groups in total. The van der Waals surface area contributed by atoms with Gasteiger partial charge in [-0.15, -0.1) is 0 Å². The Labute approximate surface area is 105 Å². The number of hydrogen-bond donors (Lipinski definition) is 1. The van der Waals surface area contributed by atoms with Gasteiger partial charge in [-0.05, 0) is 12.8 Å². The molecule has 0 saturated heterocycles. The molecule has 0 heterocycles. The van der Waals surface area contributed by atoms with Crippen LogP contribution < -0.4 is 0 Å². The van der Waals surface area contributed by atoms with E-state index in [0.717, 1.165) is 37.0 Å². The van der Waals surface area contributed by atoms with Crippen LogP contribution >= 0.6 is 0 Å². The third-order valence-corrected chi connectivity index (χ3v) is 3.26. The Balaban J connectivity index is 2.46. The molecular weight excluding hydrogens is 247 g/mol. The van der Waals surface area contributed by atoms with Crippen molar-refractivity contribution in [3.8, 4) is 0 Å². The number of Topliss-reactive ketones (excluding diaryl/α,β-unsaturated/α-hetero) is 1. The van der Waals surface area contributed by atoms with Gasteiger partial charge in [0, 0.05) is 12.5 Å². The lowest BCUT2D eigenvalue weighted by Crippen LogP contribution is -2.41. The first-order valence-electron chi connectivity index (χ1n) is 6.35. The zero-order valence-corrected chi connectivity index (χ0v) is 10.4. The van der Waals surface area contributed by atoms with E-state index < -0.39 is 12.7 Å². The predicted octanol–water partition coefficient (Wildman–Crippen LogP) is 1.99. The molecule has 0 atom stereocenters. The van der Waals surface area contributed by atoms with E-state index >= 15 is 0 Å². The number of hydrogen-bond acceptors (Lipinski definition) is 3. The molecule has 0 unspecified atom stereocenters. The van der Waals surface area contributed by atoms with Crippen molar-refractivity contribution in [2.75, 3.05) is 26.2 Å². The highest BCUT2D eigenvalue weighted by Gasteiger charge is 2.32. The van der Waals surface area contributed by atoms with Gasteiger partial charge < -0.3 is 5.11 Å². The van der Waals surface area contributed by atoms with Crippen molar-refractivity contribution in [2.45, 2.75) is 38.3 Å². The minimum atomic E-state index is -4.33.